The molecule has 0 radical (unpaired) electrons. The molecule has 2 amide bonds. The fourth-order valence-corrected chi connectivity index (χ4v) is 4.09. The minimum atomic E-state index is -0.187. The third-order valence-electron chi connectivity index (χ3n) is 6.04. The molecule has 0 atom stereocenters. The number of likely N-dealkylation sites (tertiary alicyclic amines) is 1. The number of amides is 2. The van der Waals surface area contributed by atoms with E-state index in [1.165, 1.54) is 4.90 Å². The van der Waals surface area contributed by atoms with Crippen molar-refractivity contribution in [3.63, 3.8) is 0 Å². The first kappa shape index (κ1) is 19.4. The molecule has 29 heavy (non-hydrogen) atoms. The lowest BCUT2D eigenvalue weighted by Gasteiger charge is -2.32. The fraction of sp³-hybridized carbons (Fsp3) is 0.360. The number of aryl methyl sites for hydroxylation is 2. The monoisotopic (exact) mass is 388 g/mol. The van der Waals surface area contributed by atoms with Crippen LogP contribution in [-0.4, -0.2) is 34.7 Å². The molecule has 0 saturated carbocycles. The van der Waals surface area contributed by atoms with Gasteiger partial charge in [0, 0.05) is 13.1 Å². The van der Waals surface area contributed by atoms with Gasteiger partial charge in [0.1, 0.15) is 5.70 Å². The number of carbonyl (C=O) groups excluding carboxylic acids is 2. The molecule has 0 unspecified atom stereocenters. The number of carbonyl (C=O) groups is 2. The molecule has 0 spiro atoms. The zero-order chi connectivity index (χ0) is 20.5. The predicted molar refractivity (Wildman–Crippen MR) is 115 cm³/mol. The largest absolute Gasteiger partial charge is 0.366 e. The Balaban J connectivity index is 1.71. The molecule has 0 bridgehead atoms. The molecule has 4 rings (SSSR count). The summed E-state index contributed by atoms with van der Waals surface area (Å²) in [5, 5.41) is 0. The van der Waals surface area contributed by atoms with Crippen LogP contribution in [0.1, 0.15) is 42.0 Å². The van der Waals surface area contributed by atoms with Gasteiger partial charge >= 0.3 is 0 Å². The van der Waals surface area contributed by atoms with Gasteiger partial charge in [-0.05, 0) is 43.7 Å². The summed E-state index contributed by atoms with van der Waals surface area (Å²) in [6.07, 6.45) is 2.09. The highest BCUT2D eigenvalue weighted by Crippen LogP contribution is 2.34. The molecule has 2 aromatic carbocycles. The molecule has 150 valence electrons. The molecule has 0 aromatic heterocycles. The maximum Gasteiger partial charge on any atom is 0.278 e. The molecule has 1 fully saturated rings. The summed E-state index contributed by atoms with van der Waals surface area (Å²) >= 11 is 0. The second-order valence-electron chi connectivity index (χ2n) is 8.44. The lowest BCUT2D eigenvalue weighted by atomic mass is 9.97. The summed E-state index contributed by atoms with van der Waals surface area (Å²) in [7, 11) is 0. The van der Waals surface area contributed by atoms with E-state index in [9.17, 15) is 9.59 Å². The molecule has 0 N–H and O–H groups in total. The Morgan fingerprint density at radius 3 is 1.97 bits per heavy atom. The fourth-order valence-electron chi connectivity index (χ4n) is 4.09. The standard InChI is InChI=1S/C25H28N2O2/c1-17-4-8-20(9-5-17)16-27-24(28)22(21-10-6-18(2)7-11-21)23(25(27)29)26-14-12-19(3)13-15-26/h4-11,19H,12-16H2,1-3H3. The highest BCUT2D eigenvalue weighted by Gasteiger charge is 2.42. The van der Waals surface area contributed by atoms with E-state index in [0.717, 1.165) is 48.2 Å². The van der Waals surface area contributed by atoms with Crippen molar-refractivity contribution < 1.29 is 9.59 Å². The highest BCUT2D eigenvalue weighted by molar-refractivity contribution is 6.35. The van der Waals surface area contributed by atoms with Crippen LogP contribution < -0.4 is 0 Å². The van der Waals surface area contributed by atoms with Crippen LogP contribution in [0.15, 0.2) is 54.2 Å². The van der Waals surface area contributed by atoms with Gasteiger partial charge in [0.2, 0.25) is 0 Å². The Morgan fingerprint density at radius 2 is 1.38 bits per heavy atom. The van der Waals surface area contributed by atoms with E-state index in [1.54, 1.807) is 0 Å². The zero-order valence-electron chi connectivity index (χ0n) is 17.4. The van der Waals surface area contributed by atoms with Gasteiger partial charge < -0.3 is 4.90 Å². The third kappa shape index (κ3) is 3.84. The summed E-state index contributed by atoms with van der Waals surface area (Å²) in [4.78, 5) is 30.4. The SMILES string of the molecule is Cc1ccc(CN2C(=O)C(c3ccc(C)cc3)=C(N3CCC(C)CC3)C2=O)cc1. The van der Waals surface area contributed by atoms with E-state index in [4.69, 9.17) is 0 Å². The van der Waals surface area contributed by atoms with Gasteiger partial charge in [-0.3, -0.25) is 14.5 Å². The Bertz CT molecular complexity index is 949. The van der Waals surface area contributed by atoms with E-state index in [2.05, 4.69) is 11.8 Å². The van der Waals surface area contributed by atoms with Crippen molar-refractivity contribution in [1.29, 1.82) is 0 Å². The number of benzene rings is 2. The van der Waals surface area contributed by atoms with Crippen molar-refractivity contribution in [2.24, 2.45) is 5.92 Å². The van der Waals surface area contributed by atoms with Crippen LogP contribution in [0.3, 0.4) is 0 Å². The summed E-state index contributed by atoms with van der Waals surface area (Å²) in [6.45, 7) is 8.25. The van der Waals surface area contributed by atoms with Crippen LogP contribution in [0.5, 0.6) is 0 Å². The second-order valence-corrected chi connectivity index (χ2v) is 8.44. The Labute approximate surface area is 172 Å². The van der Waals surface area contributed by atoms with Gasteiger partial charge in [0.05, 0.1) is 12.1 Å². The average Bonchev–Trinajstić information content (AvgIpc) is 2.96. The van der Waals surface area contributed by atoms with Crippen LogP contribution in [0.2, 0.25) is 0 Å². The molecular weight excluding hydrogens is 360 g/mol. The number of imide groups is 1. The molecule has 2 aliphatic heterocycles. The second kappa shape index (κ2) is 7.86. The number of rotatable bonds is 4. The highest BCUT2D eigenvalue weighted by atomic mass is 16.2. The topological polar surface area (TPSA) is 40.6 Å². The molecule has 4 nitrogen and oxygen atoms in total. The van der Waals surface area contributed by atoms with Crippen molar-refractivity contribution in [2.75, 3.05) is 13.1 Å². The summed E-state index contributed by atoms with van der Waals surface area (Å²) in [6, 6.07) is 15.9. The minimum absolute atomic E-state index is 0.166. The number of piperidine rings is 1. The summed E-state index contributed by atoms with van der Waals surface area (Å²) in [5.41, 5.74) is 5.22. The van der Waals surface area contributed by atoms with Crippen LogP contribution in [0.4, 0.5) is 0 Å². The number of hydrogen-bond donors (Lipinski definition) is 0. The van der Waals surface area contributed by atoms with E-state index < -0.39 is 0 Å². The van der Waals surface area contributed by atoms with E-state index in [-0.39, 0.29) is 11.8 Å². The molecule has 1 saturated heterocycles. The number of hydrogen-bond acceptors (Lipinski definition) is 3. The molecule has 2 heterocycles. The number of nitrogens with zero attached hydrogens (tertiary/aromatic N) is 2. The van der Waals surface area contributed by atoms with E-state index >= 15 is 0 Å². The quantitative estimate of drug-likeness (QED) is 0.733. The Morgan fingerprint density at radius 1 is 0.828 bits per heavy atom. The predicted octanol–water partition coefficient (Wildman–Crippen LogP) is 4.32. The molecule has 2 aliphatic rings. The van der Waals surface area contributed by atoms with Crippen LogP contribution in [0, 0.1) is 19.8 Å². The normalized spacial score (nSPS) is 18.2. The lowest BCUT2D eigenvalue weighted by molar-refractivity contribution is -0.138. The van der Waals surface area contributed by atoms with Crippen molar-refractivity contribution >= 4 is 17.4 Å². The molecule has 4 heteroatoms. The Hall–Kier alpha value is -2.88. The van der Waals surface area contributed by atoms with Crippen molar-refractivity contribution in [3.8, 4) is 0 Å². The van der Waals surface area contributed by atoms with Crippen LogP contribution >= 0.6 is 0 Å². The Kier molecular flexibility index (Phi) is 5.27. The van der Waals surface area contributed by atoms with Crippen molar-refractivity contribution in [1.82, 2.24) is 9.80 Å². The summed E-state index contributed by atoms with van der Waals surface area (Å²) in [5.74, 6) is 0.305. The van der Waals surface area contributed by atoms with Crippen LogP contribution in [-0.2, 0) is 16.1 Å². The lowest BCUT2D eigenvalue weighted by Crippen LogP contribution is -2.38. The van der Waals surface area contributed by atoms with Gasteiger partial charge in [-0.1, -0.05) is 66.6 Å². The van der Waals surface area contributed by atoms with E-state index in [1.807, 2.05) is 62.4 Å². The van der Waals surface area contributed by atoms with Gasteiger partial charge in [0.25, 0.3) is 11.8 Å². The molecule has 0 aliphatic carbocycles. The van der Waals surface area contributed by atoms with Gasteiger partial charge in [-0.25, -0.2) is 0 Å². The maximum absolute atomic E-state index is 13.4. The van der Waals surface area contributed by atoms with Crippen molar-refractivity contribution in [3.05, 3.63) is 76.5 Å². The van der Waals surface area contributed by atoms with Gasteiger partial charge in [0.15, 0.2) is 0 Å². The average molecular weight is 389 g/mol. The van der Waals surface area contributed by atoms with Gasteiger partial charge in [-0.15, -0.1) is 0 Å². The smallest absolute Gasteiger partial charge is 0.278 e. The minimum Gasteiger partial charge on any atom is -0.366 e. The van der Waals surface area contributed by atoms with Crippen LogP contribution in [0.25, 0.3) is 5.57 Å². The molecular formula is C25H28N2O2. The first-order chi connectivity index (χ1) is 13.9. The zero-order valence-corrected chi connectivity index (χ0v) is 17.4. The van der Waals surface area contributed by atoms with Gasteiger partial charge in [-0.2, -0.15) is 0 Å². The summed E-state index contributed by atoms with van der Waals surface area (Å²) < 4.78 is 0. The third-order valence-corrected chi connectivity index (χ3v) is 6.04. The first-order valence-corrected chi connectivity index (χ1v) is 10.4. The maximum atomic E-state index is 13.4. The van der Waals surface area contributed by atoms with E-state index in [0.29, 0.717) is 23.7 Å². The first-order valence-electron chi connectivity index (χ1n) is 10.4. The molecule has 2 aromatic rings. The van der Waals surface area contributed by atoms with Crippen molar-refractivity contribution in [2.45, 2.75) is 40.2 Å².